The van der Waals surface area contributed by atoms with E-state index in [4.69, 9.17) is 15.1 Å². The van der Waals surface area contributed by atoms with Crippen LogP contribution in [0.4, 0.5) is 35.8 Å². The molecule has 3 aromatic carbocycles. The number of aromatic nitrogens is 2. The molecule has 0 bridgehead atoms. The van der Waals surface area contributed by atoms with Gasteiger partial charge in [0.1, 0.15) is 17.3 Å². The SMILES string of the molecule is Cc1ccc(C(=O)NCc2ccccc2)cc1-c1nc(N2CCC(CNC(=O)O)CC2)nc2c1CNC(=O)N2c1c(F)cccc1F. The Morgan fingerprint density at radius 2 is 1.70 bits per heavy atom. The van der Waals surface area contributed by atoms with Crippen molar-refractivity contribution < 1.29 is 28.3 Å². The maximum atomic E-state index is 15.1. The van der Waals surface area contributed by atoms with Crippen molar-refractivity contribution in [1.82, 2.24) is 25.9 Å². The Hall–Kier alpha value is -5.59. The molecule has 0 radical (unpaired) electrons. The molecule has 3 heterocycles. The summed E-state index contributed by atoms with van der Waals surface area (Å²) in [5.74, 6) is -1.77. The molecule has 242 valence electrons. The topological polar surface area (TPSA) is 140 Å². The molecular formula is C34H33F2N7O4. The number of benzene rings is 3. The number of halogens is 2. The first-order valence-electron chi connectivity index (χ1n) is 15.3. The van der Waals surface area contributed by atoms with Crippen LogP contribution in [0.15, 0.2) is 66.7 Å². The predicted molar refractivity (Wildman–Crippen MR) is 172 cm³/mol. The molecule has 6 rings (SSSR count). The molecule has 0 saturated carbocycles. The van der Waals surface area contributed by atoms with Crippen molar-refractivity contribution in [3.05, 3.63) is 101 Å². The standard InChI is InChI=1S/C34H33F2N7O4/c1-20-10-11-23(31(44)37-17-21-6-3-2-4-7-21)16-24(20)28-25-19-38-33(45)43(29-26(35)8-5-9-27(29)36)30(25)41-32(40-28)42-14-12-22(13-15-42)18-39-34(46)47/h2-11,16,22,39H,12-15,17-19H2,1H3,(H,37,44)(H,38,45)(H,46,47). The molecule has 0 unspecified atom stereocenters. The Balaban J connectivity index is 1.42. The van der Waals surface area contributed by atoms with Gasteiger partial charge in [-0.2, -0.15) is 4.98 Å². The highest BCUT2D eigenvalue weighted by atomic mass is 19.1. The van der Waals surface area contributed by atoms with Crippen LogP contribution in [-0.2, 0) is 13.1 Å². The van der Waals surface area contributed by atoms with Crippen LogP contribution >= 0.6 is 0 Å². The number of carboxylic acid groups (broad SMARTS) is 1. The van der Waals surface area contributed by atoms with Crippen LogP contribution in [0.1, 0.15) is 39.9 Å². The number of para-hydroxylation sites is 1. The van der Waals surface area contributed by atoms with Gasteiger partial charge in [-0.15, -0.1) is 0 Å². The van der Waals surface area contributed by atoms with Gasteiger partial charge < -0.3 is 26.0 Å². The Morgan fingerprint density at radius 1 is 0.979 bits per heavy atom. The lowest BCUT2D eigenvalue weighted by Gasteiger charge is -2.35. The monoisotopic (exact) mass is 641 g/mol. The van der Waals surface area contributed by atoms with Crippen LogP contribution in [0.5, 0.6) is 0 Å². The van der Waals surface area contributed by atoms with Crippen LogP contribution in [0.25, 0.3) is 11.3 Å². The first-order chi connectivity index (χ1) is 22.7. The molecule has 13 heteroatoms. The van der Waals surface area contributed by atoms with Crippen molar-refractivity contribution >= 4 is 35.5 Å². The number of amides is 4. The van der Waals surface area contributed by atoms with Gasteiger partial charge in [0.25, 0.3) is 5.91 Å². The van der Waals surface area contributed by atoms with E-state index in [-0.39, 0.29) is 30.1 Å². The van der Waals surface area contributed by atoms with Crippen LogP contribution in [-0.4, -0.2) is 52.7 Å². The highest BCUT2D eigenvalue weighted by Crippen LogP contribution is 2.40. The first kappa shape index (κ1) is 31.4. The van der Waals surface area contributed by atoms with Gasteiger partial charge in [-0.05, 0) is 61.1 Å². The molecular weight excluding hydrogens is 608 g/mol. The summed E-state index contributed by atoms with van der Waals surface area (Å²) < 4.78 is 30.3. The smallest absolute Gasteiger partial charge is 0.404 e. The number of carbonyl (C=O) groups excluding carboxylic acids is 2. The van der Waals surface area contributed by atoms with Crippen LogP contribution in [0, 0.1) is 24.5 Å². The third-order valence-corrected chi connectivity index (χ3v) is 8.46. The Morgan fingerprint density at radius 3 is 2.40 bits per heavy atom. The van der Waals surface area contributed by atoms with Crippen molar-refractivity contribution in [3.63, 3.8) is 0 Å². The summed E-state index contributed by atoms with van der Waals surface area (Å²) in [6.07, 6.45) is 0.219. The molecule has 0 atom stereocenters. The van der Waals surface area contributed by atoms with E-state index < -0.39 is 29.4 Å². The number of urea groups is 1. The van der Waals surface area contributed by atoms with E-state index in [9.17, 15) is 14.4 Å². The van der Waals surface area contributed by atoms with Gasteiger partial charge in [0.15, 0.2) is 5.82 Å². The molecule has 1 aromatic heterocycles. The molecule has 0 aliphatic carbocycles. The number of aryl methyl sites for hydroxylation is 1. The number of piperidine rings is 1. The molecule has 47 heavy (non-hydrogen) atoms. The summed E-state index contributed by atoms with van der Waals surface area (Å²) >= 11 is 0. The van der Waals surface area contributed by atoms with E-state index in [2.05, 4.69) is 16.0 Å². The van der Waals surface area contributed by atoms with Crippen molar-refractivity contribution in [2.45, 2.75) is 32.9 Å². The van der Waals surface area contributed by atoms with Gasteiger partial charge in [0.05, 0.1) is 12.2 Å². The maximum Gasteiger partial charge on any atom is 0.404 e. The molecule has 2 aliphatic rings. The lowest BCUT2D eigenvalue weighted by atomic mass is 9.96. The average Bonchev–Trinajstić information content (AvgIpc) is 3.07. The van der Waals surface area contributed by atoms with Crippen LogP contribution < -0.4 is 25.8 Å². The number of fused-ring (bicyclic) bond motifs is 1. The fraction of sp³-hybridized carbons (Fsp3) is 0.265. The molecule has 11 nitrogen and oxygen atoms in total. The molecule has 0 spiro atoms. The van der Waals surface area contributed by atoms with Gasteiger partial charge >= 0.3 is 12.1 Å². The van der Waals surface area contributed by atoms with Crippen molar-refractivity contribution in [2.75, 3.05) is 29.4 Å². The van der Waals surface area contributed by atoms with Crippen molar-refractivity contribution in [3.8, 4) is 11.3 Å². The zero-order valence-corrected chi connectivity index (χ0v) is 25.6. The largest absolute Gasteiger partial charge is 0.465 e. The van der Waals surface area contributed by atoms with Crippen molar-refractivity contribution in [1.29, 1.82) is 0 Å². The lowest BCUT2D eigenvalue weighted by Crippen LogP contribution is -2.44. The zero-order valence-electron chi connectivity index (χ0n) is 25.6. The van der Waals surface area contributed by atoms with E-state index >= 15 is 8.78 Å². The Bertz CT molecular complexity index is 1810. The number of nitrogens with zero attached hydrogens (tertiary/aromatic N) is 4. The van der Waals surface area contributed by atoms with E-state index in [0.29, 0.717) is 61.4 Å². The van der Waals surface area contributed by atoms with Crippen molar-refractivity contribution in [2.24, 2.45) is 5.92 Å². The van der Waals surface area contributed by atoms with E-state index in [1.807, 2.05) is 42.2 Å². The molecule has 2 aliphatic heterocycles. The molecule has 4 N–H and O–H groups in total. The van der Waals surface area contributed by atoms with Gasteiger partial charge in [-0.25, -0.2) is 28.3 Å². The summed E-state index contributed by atoms with van der Waals surface area (Å²) in [6, 6.07) is 17.4. The normalized spacial score (nSPS) is 14.7. The summed E-state index contributed by atoms with van der Waals surface area (Å²) in [4.78, 5) is 50.0. The number of nitrogens with one attached hydrogen (secondary N) is 3. The quantitative estimate of drug-likeness (QED) is 0.199. The fourth-order valence-corrected chi connectivity index (χ4v) is 5.89. The molecule has 1 saturated heterocycles. The Kier molecular flexibility index (Phi) is 8.96. The molecule has 4 aromatic rings. The second-order valence-corrected chi connectivity index (χ2v) is 11.6. The number of hydrogen-bond donors (Lipinski definition) is 4. The lowest BCUT2D eigenvalue weighted by molar-refractivity contribution is 0.0951. The number of anilines is 3. The highest BCUT2D eigenvalue weighted by molar-refractivity contribution is 6.02. The third-order valence-electron chi connectivity index (χ3n) is 8.46. The van der Waals surface area contributed by atoms with Gasteiger partial charge in [0, 0.05) is 42.9 Å². The zero-order chi connectivity index (χ0) is 33.1. The highest BCUT2D eigenvalue weighted by Gasteiger charge is 2.35. The summed E-state index contributed by atoms with van der Waals surface area (Å²) in [6.45, 7) is 3.49. The minimum absolute atomic E-state index is 0.0108. The first-order valence-corrected chi connectivity index (χ1v) is 15.3. The second kappa shape index (κ2) is 13.4. The minimum atomic E-state index is -1.08. The minimum Gasteiger partial charge on any atom is -0.465 e. The number of hydrogen-bond acceptors (Lipinski definition) is 6. The molecule has 4 amide bonds. The Labute approximate surface area is 269 Å². The fourth-order valence-electron chi connectivity index (χ4n) is 5.89. The van der Waals surface area contributed by atoms with Gasteiger partial charge in [-0.3, -0.25) is 4.79 Å². The van der Waals surface area contributed by atoms with Gasteiger partial charge in [0.2, 0.25) is 5.95 Å². The van der Waals surface area contributed by atoms with Crippen LogP contribution in [0.3, 0.4) is 0 Å². The van der Waals surface area contributed by atoms with Crippen LogP contribution in [0.2, 0.25) is 0 Å². The maximum absolute atomic E-state index is 15.1. The van der Waals surface area contributed by atoms with E-state index in [1.165, 1.54) is 6.07 Å². The van der Waals surface area contributed by atoms with E-state index in [0.717, 1.165) is 28.2 Å². The van der Waals surface area contributed by atoms with Gasteiger partial charge in [-0.1, -0.05) is 42.5 Å². The number of rotatable bonds is 8. The summed E-state index contributed by atoms with van der Waals surface area (Å²) in [5, 5.41) is 17.1. The summed E-state index contributed by atoms with van der Waals surface area (Å²) in [5.41, 5.74) is 3.00. The predicted octanol–water partition coefficient (Wildman–Crippen LogP) is 5.51. The summed E-state index contributed by atoms with van der Waals surface area (Å²) in [7, 11) is 0. The third kappa shape index (κ3) is 6.69. The van der Waals surface area contributed by atoms with E-state index in [1.54, 1.807) is 18.2 Å². The number of carbonyl (C=O) groups is 3. The molecule has 1 fully saturated rings. The second-order valence-electron chi connectivity index (χ2n) is 11.6. The average molecular weight is 642 g/mol.